The van der Waals surface area contributed by atoms with Crippen LogP contribution in [0.3, 0.4) is 0 Å². The molecule has 2 rings (SSSR count). The quantitative estimate of drug-likeness (QED) is 0.502. The Labute approximate surface area is 150 Å². The molecule has 4 N–H and O–H groups in total. The van der Waals surface area contributed by atoms with Crippen LogP contribution < -0.4 is 11.1 Å². The summed E-state index contributed by atoms with van der Waals surface area (Å²) in [6, 6.07) is 4.18. The lowest BCUT2D eigenvalue weighted by Crippen LogP contribution is -2.36. The van der Waals surface area contributed by atoms with E-state index in [2.05, 4.69) is 29.3 Å². The van der Waals surface area contributed by atoms with Crippen LogP contribution in [0.15, 0.2) is 12.1 Å². The first kappa shape index (κ1) is 19.7. The zero-order valence-electron chi connectivity index (χ0n) is 15.5. The number of nitrogens with zero attached hydrogens (tertiary/aromatic N) is 2. The Kier molecular flexibility index (Phi) is 7.65. The zero-order chi connectivity index (χ0) is 18.2. The molecule has 140 valence electrons. The molecule has 6 heteroatoms. The largest absolute Gasteiger partial charge is 0.480 e. The van der Waals surface area contributed by atoms with E-state index >= 15 is 0 Å². The number of rotatable bonds is 12. The number of anilines is 1. The van der Waals surface area contributed by atoms with E-state index in [1.807, 2.05) is 7.05 Å². The molecule has 25 heavy (non-hydrogen) atoms. The molecule has 1 aromatic heterocycles. The zero-order valence-corrected chi connectivity index (χ0v) is 15.5. The number of nitrogens with one attached hydrogen (secondary N) is 1. The topological polar surface area (TPSA) is 91.5 Å². The summed E-state index contributed by atoms with van der Waals surface area (Å²) in [7, 11) is 1.92. The number of unbranched alkanes of at least 4 members (excludes halogenated alkanes) is 1. The Morgan fingerprint density at radius 2 is 2.16 bits per heavy atom. The van der Waals surface area contributed by atoms with Gasteiger partial charge in [0.25, 0.3) is 0 Å². The van der Waals surface area contributed by atoms with E-state index in [0.29, 0.717) is 12.5 Å². The van der Waals surface area contributed by atoms with Gasteiger partial charge in [0.15, 0.2) is 0 Å². The van der Waals surface area contributed by atoms with Gasteiger partial charge < -0.3 is 21.1 Å². The van der Waals surface area contributed by atoms with Gasteiger partial charge in [0.1, 0.15) is 11.9 Å². The van der Waals surface area contributed by atoms with Crippen LogP contribution in [0.4, 0.5) is 5.82 Å². The second-order valence-corrected chi connectivity index (χ2v) is 6.87. The Morgan fingerprint density at radius 3 is 2.76 bits per heavy atom. The summed E-state index contributed by atoms with van der Waals surface area (Å²) in [5, 5.41) is 12.1. The van der Waals surface area contributed by atoms with Crippen molar-refractivity contribution in [1.29, 1.82) is 0 Å². The van der Waals surface area contributed by atoms with E-state index < -0.39 is 12.0 Å². The monoisotopic (exact) mass is 348 g/mol. The van der Waals surface area contributed by atoms with Crippen LogP contribution in [-0.2, 0) is 17.6 Å². The second-order valence-electron chi connectivity index (χ2n) is 6.87. The first-order valence-corrected chi connectivity index (χ1v) is 9.44. The van der Waals surface area contributed by atoms with E-state index in [1.165, 1.54) is 18.4 Å². The average Bonchev–Trinajstić information content (AvgIpc) is 3.45. The normalized spacial score (nSPS) is 15.4. The van der Waals surface area contributed by atoms with Gasteiger partial charge >= 0.3 is 5.97 Å². The highest BCUT2D eigenvalue weighted by Crippen LogP contribution is 2.27. The Hall–Kier alpha value is -1.66. The molecule has 6 nitrogen and oxygen atoms in total. The molecule has 1 atom stereocenters. The minimum atomic E-state index is -0.905. The average molecular weight is 348 g/mol. The minimum Gasteiger partial charge on any atom is -0.480 e. The second kappa shape index (κ2) is 9.73. The van der Waals surface area contributed by atoms with Crippen molar-refractivity contribution in [1.82, 2.24) is 9.88 Å². The van der Waals surface area contributed by atoms with Crippen LogP contribution in [0.2, 0.25) is 0 Å². The number of aliphatic carboxylic acids is 1. The van der Waals surface area contributed by atoms with Crippen LogP contribution in [-0.4, -0.2) is 53.2 Å². The number of carbonyl (C=O) groups is 1. The molecule has 1 fully saturated rings. The maximum absolute atomic E-state index is 10.9. The van der Waals surface area contributed by atoms with Gasteiger partial charge in [-0.1, -0.05) is 13.0 Å². The van der Waals surface area contributed by atoms with Gasteiger partial charge in [-0.25, -0.2) is 4.98 Å². The third kappa shape index (κ3) is 6.29. The fourth-order valence-corrected chi connectivity index (χ4v) is 3.14. The number of hydrogen-bond donors (Lipinski definition) is 3. The maximum atomic E-state index is 10.9. The maximum Gasteiger partial charge on any atom is 0.320 e. The van der Waals surface area contributed by atoms with Gasteiger partial charge in [-0.3, -0.25) is 4.79 Å². The smallest absolute Gasteiger partial charge is 0.320 e. The SMILES string of the molecule is CCc1ccc(CCCCN(CCC(N)C(=O)O)C2CC2)nc1NC. The predicted octanol–water partition coefficient (Wildman–Crippen LogP) is 2.27. The van der Waals surface area contributed by atoms with Crippen LogP contribution in [0.5, 0.6) is 0 Å². The van der Waals surface area contributed by atoms with Gasteiger partial charge in [0, 0.05) is 25.3 Å². The molecule has 0 amide bonds. The summed E-state index contributed by atoms with van der Waals surface area (Å²) in [4.78, 5) is 18.0. The summed E-state index contributed by atoms with van der Waals surface area (Å²) in [6.45, 7) is 3.94. The van der Waals surface area contributed by atoms with E-state index in [0.717, 1.165) is 50.3 Å². The number of hydrogen-bond acceptors (Lipinski definition) is 5. The first-order chi connectivity index (χ1) is 12.0. The van der Waals surface area contributed by atoms with Crippen LogP contribution in [0, 0.1) is 0 Å². The number of pyridine rings is 1. The highest BCUT2D eigenvalue weighted by Gasteiger charge is 2.29. The molecule has 1 heterocycles. The third-order valence-corrected chi connectivity index (χ3v) is 4.89. The summed E-state index contributed by atoms with van der Waals surface area (Å²) in [5.74, 6) is 0.0833. The molecule has 0 radical (unpaired) electrons. The summed E-state index contributed by atoms with van der Waals surface area (Å²) >= 11 is 0. The van der Waals surface area contributed by atoms with Crippen molar-refractivity contribution >= 4 is 11.8 Å². The van der Waals surface area contributed by atoms with Gasteiger partial charge in [0.2, 0.25) is 0 Å². The number of carboxylic acids is 1. The summed E-state index contributed by atoms with van der Waals surface area (Å²) < 4.78 is 0. The molecule has 1 aliphatic rings. The molecule has 1 aliphatic carbocycles. The highest BCUT2D eigenvalue weighted by molar-refractivity contribution is 5.72. The molecule has 0 saturated heterocycles. The lowest BCUT2D eigenvalue weighted by molar-refractivity contribution is -0.138. The standard InChI is InChI=1S/C19H32N4O2/c1-3-14-7-8-15(22-18(14)21-2)6-4-5-12-23(16-9-10-16)13-11-17(20)19(24)25/h7-8,16-17H,3-6,9-13,20H2,1-2H3,(H,21,22)(H,24,25). The third-order valence-electron chi connectivity index (χ3n) is 4.89. The molecule has 0 aliphatic heterocycles. The first-order valence-electron chi connectivity index (χ1n) is 9.44. The van der Waals surface area contributed by atoms with Crippen molar-refractivity contribution in [3.8, 4) is 0 Å². The van der Waals surface area contributed by atoms with Gasteiger partial charge in [-0.15, -0.1) is 0 Å². The highest BCUT2D eigenvalue weighted by atomic mass is 16.4. The van der Waals surface area contributed by atoms with E-state index in [1.54, 1.807) is 0 Å². The Balaban J connectivity index is 1.74. The van der Waals surface area contributed by atoms with Crippen molar-refractivity contribution in [2.75, 3.05) is 25.5 Å². The molecule has 1 aromatic rings. The number of aromatic nitrogens is 1. The van der Waals surface area contributed by atoms with Crippen molar-refractivity contribution in [3.63, 3.8) is 0 Å². The Morgan fingerprint density at radius 1 is 1.40 bits per heavy atom. The lowest BCUT2D eigenvalue weighted by atomic mass is 10.1. The van der Waals surface area contributed by atoms with Crippen molar-refractivity contribution < 1.29 is 9.90 Å². The number of nitrogens with two attached hydrogens (primary N) is 1. The number of carboxylic acid groups (broad SMARTS) is 1. The molecule has 0 aromatic carbocycles. The molecule has 1 saturated carbocycles. The molecule has 1 unspecified atom stereocenters. The van der Waals surface area contributed by atoms with Crippen molar-refractivity contribution in [3.05, 3.63) is 23.4 Å². The van der Waals surface area contributed by atoms with E-state index in [-0.39, 0.29) is 0 Å². The molecular formula is C19H32N4O2. The molecule has 0 spiro atoms. The Bertz CT molecular complexity index is 560. The van der Waals surface area contributed by atoms with Crippen LogP contribution in [0.25, 0.3) is 0 Å². The van der Waals surface area contributed by atoms with E-state index in [4.69, 9.17) is 15.8 Å². The van der Waals surface area contributed by atoms with Crippen LogP contribution in [0.1, 0.15) is 50.3 Å². The van der Waals surface area contributed by atoms with E-state index in [9.17, 15) is 4.79 Å². The van der Waals surface area contributed by atoms with Crippen LogP contribution >= 0.6 is 0 Å². The molecular weight excluding hydrogens is 316 g/mol. The molecule has 0 bridgehead atoms. The fraction of sp³-hybridized carbons (Fsp3) is 0.684. The predicted molar refractivity (Wildman–Crippen MR) is 101 cm³/mol. The van der Waals surface area contributed by atoms with Crippen molar-refractivity contribution in [2.45, 2.75) is 64.0 Å². The van der Waals surface area contributed by atoms with Gasteiger partial charge in [0.05, 0.1) is 0 Å². The summed E-state index contributed by atoms with van der Waals surface area (Å²) in [5.41, 5.74) is 8.01. The van der Waals surface area contributed by atoms with Gasteiger partial charge in [-0.2, -0.15) is 0 Å². The lowest BCUT2D eigenvalue weighted by Gasteiger charge is -2.22. The minimum absolute atomic E-state index is 0.525. The fourth-order valence-electron chi connectivity index (χ4n) is 3.14. The number of aryl methyl sites for hydroxylation is 2. The summed E-state index contributed by atoms with van der Waals surface area (Å²) in [6.07, 6.45) is 7.14. The van der Waals surface area contributed by atoms with Gasteiger partial charge in [-0.05, 0) is 63.1 Å². The van der Waals surface area contributed by atoms with Crippen molar-refractivity contribution in [2.24, 2.45) is 5.73 Å².